The molecule has 0 aliphatic carbocycles. The molecule has 1 heterocycles. The molecule has 4 nitrogen and oxygen atoms in total. The number of anilines is 1. The van der Waals surface area contributed by atoms with Crippen molar-refractivity contribution in [1.82, 2.24) is 4.90 Å². The van der Waals surface area contributed by atoms with Crippen LogP contribution in [0.1, 0.15) is 0 Å². The Morgan fingerprint density at radius 1 is 1.39 bits per heavy atom. The van der Waals surface area contributed by atoms with E-state index in [1.807, 2.05) is 24.3 Å². The van der Waals surface area contributed by atoms with Crippen LogP contribution in [0.25, 0.3) is 0 Å². The Bertz CT molecular complexity index is 370. The largest absolute Gasteiger partial charge is 0.390 e. The fourth-order valence-electron chi connectivity index (χ4n) is 1.98. The molecule has 1 unspecified atom stereocenters. The Morgan fingerprint density at radius 2 is 2.17 bits per heavy atom. The van der Waals surface area contributed by atoms with Gasteiger partial charge in [0.05, 0.1) is 19.3 Å². The van der Waals surface area contributed by atoms with Gasteiger partial charge in [0.1, 0.15) is 0 Å². The molecule has 0 spiro atoms. The molecule has 5 heteroatoms. The Labute approximate surface area is 116 Å². The van der Waals surface area contributed by atoms with Crippen LogP contribution in [0.2, 0.25) is 0 Å². The molecule has 1 aromatic carbocycles. The predicted molar refractivity (Wildman–Crippen MR) is 75.9 cm³/mol. The van der Waals surface area contributed by atoms with Crippen LogP contribution < -0.4 is 5.32 Å². The molecule has 1 atom stereocenters. The summed E-state index contributed by atoms with van der Waals surface area (Å²) in [5, 5.41) is 13.2. The molecular weight excluding hydrogens is 296 g/mol. The number of hydrogen-bond acceptors (Lipinski definition) is 4. The number of ether oxygens (including phenoxy) is 1. The first-order chi connectivity index (χ1) is 8.74. The van der Waals surface area contributed by atoms with Crippen molar-refractivity contribution in [3.8, 4) is 0 Å². The maximum absolute atomic E-state index is 9.98. The monoisotopic (exact) mass is 314 g/mol. The number of rotatable bonds is 5. The third kappa shape index (κ3) is 4.57. The maximum Gasteiger partial charge on any atom is 0.0839 e. The Kier molecular flexibility index (Phi) is 5.44. The molecule has 0 amide bonds. The van der Waals surface area contributed by atoms with Crippen LogP contribution in [0.4, 0.5) is 5.69 Å². The summed E-state index contributed by atoms with van der Waals surface area (Å²) in [5.74, 6) is 0. The smallest absolute Gasteiger partial charge is 0.0839 e. The fourth-order valence-corrected chi connectivity index (χ4v) is 2.38. The van der Waals surface area contributed by atoms with Crippen molar-refractivity contribution < 1.29 is 9.84 Å². The summed E-state index contributed by atoms with van der Waals surface area (Å²) < 4.78 is 6.32. The molecule has 1 aromatic rings. The first-order valence-corrected chi connectivity index (χ1v) is 7.01. The second-order valence-corrected chi connectivity index (χ2v) is 5.37. The highest BCUT2D eigenvalue weighted by Crippen LogP contribution is 2.15. The van der Waals surface area contributed by atoms with Gasteiger partial charge in [-0.25, -0.2) is 0 Å². The molecule has 0 bridgehead atoms. The molecule has 1 fully saturated rings. The van der Waals surface area contributed by atoms with Gasteiger partial charge in [0.2, 0.25) is 0 Å². The summed E-state index contributed by atoms with van der Waals surface area (Å²) in [4.78, 5) is 2.23. The Morgan fingerprint density at radius 3 is 2.89 bits per heavy atom. The molecule has 1 saturated heterocycles. The number of halogens is 1. The van der Waals surface area contributed by atoms with Gasteiger partial charge in [0, 0.05) is 36.3 Å². The van der Waals surface area contributed by atoms with Crippen molar-refractivity contribution in [3.63, 3.8) is 0 Å². The van der Waals surface area contributed by atoms with Gasteiger partial charge >= 0.3 is 0 Å². The second kappa shape index (κ2) is 7.09. The first-order valence-electron chi connectivity index (χ1n) is 6.21. The van der Waals surface area contributed by atoms with Crippen LogP contribution in [0, 0.1) is 0 Å². The quantitative estimate of drug-likeness (QED) is 0.865. The number of aliphatic hydroxyl groups excluding tert-OH is 1. The van der Waals surface area contributed by atoms with Crippen LogP contribution >= 0.6 is 15.9 Å². The van der Waals surface area contributed by atoms with Crippen molar-refractivity contribution in [2.75, 3.05) is 44.7 Å². The predicted octanol–water partition coefficient (Wildman–Crippen LogP) is 1.55. The standard InChI is InChI=1S/C13H19BrN2O2/c14-11-2-1-3-12(8-11)15-9-13(17)10-16-4-6-18-7-5-16/h1-3,8,13,15,17H,4-7,9-10H2. The average molecular weight is 315 g/mol. The van der Waals surface area contributed by atoms with E-state index in [1.165, 1.54) is 0 Å². The molecule has 0 radical (unpaired) electrons. The zero-order chi connectivity index (χ0) is 12.8. The van der Waals surface area contributed by atoms with Crippen LogP contribution in [0.5, 0.6) is 0 Å². The first kappa shape index (κ1) is 13.8. The third-order valence-electron chi connectivity index (χ3n) is 2.94. The van der Waals surface area contributed by atoms with Gasteiger partial charge in [-0.15, -0.1) is 0 Å². The van der Waals surface area contributed by atoms with E-state index >= 15 is 0 Å². The van der Waals surface area contributed by atoms with Crippen LogP contribution in [0.3, 0.4) is 0 Å². The second-order valence-electron chi connectivity index (χ2n) is 4.46. The lowest BCUT2D eigenvalue weighted by molar-refractivity contribution is 0.0171. The highest BCUT2D eigenvalue weighted by molar-refractivity contribution is 9.10. The fraction of sp³-hybridized carbons (Fsp3) is 0.538. The number of morpholine rings is 1. The summed E-state index contributed by atoms with van der Waals surface area (Å²) in [6.45, 7) is 4.62. The summed E-state index contributed by atoms with van der Waals surface area (Å²) in [5.41, 5.74) is 1.02. The van der Waals surface area contributed by atoms with Crippen molar-refractivity contribution >= 4 is 21.6 Å². The minimum atomic E-state index is -0.359. The molecule has 2 rings (SSSR count). The molecule has 100 valence electrons. The molecule has 1 aliphatic rings. The zero-order valence-electron chi connectivity index (χ0n) is 10.3. The molecule has 0 saturated carbocycles. The number of nitrogens with zero attached hydrogens (tertiary/aromatic N) is 1. The number of β-amino-alcohol motifs (C(OH)–C–C–N with tert-alkyl or cyclic N) is 1. The molecule has 18 heavy (non-hydrogen) atoms. The van der Waals surface area contributed by atoms with Crippen molar-refractivity contribution in [2.45, 2.75) is 6.10 Å². The minimum Gasteiger partial charge on any atom is -0.390 e. The number of aliphatic hydroxyl groups is 1. The summed E-state index contributed by atoms with van der Waals surface area (Å²) in [6, 6.07) is 7.95. The molecule has 0 aromatic heterocycles. The molecular formula is C13H19BrN2O2. The lowest BCUT2D eigenvalue weighted by atomic mass is 10.2. The summed E-state index contributed by atoms with van der Waals surface area (Å²) >= 11 is 3.42. The Hall–Kier alpha value is -0.620. The van der Waals surface area contributed by atoms with Crippen molar-refractivity contribution in [2.24, 2.45) is 0 Å². The third-order valence-corrected chi connectivity index (χ3v) is 3.43. The number of hydrogen-bond donors (Lipinski definition) is 2. The minimum absolute atomic E-state index is 0.359. The van der Waals surface area contributed by atoms with Gasteiger partial charge in [0.15, 0.2) is 0 Å². The van der Waals surface area contributed by atoms with E-state index < -0.39 is 0 Å². The summed E-state index contributed by atoms with van der Waals surface area (Å²) in [6.07, 6.45) is -0.359. The van der Waals surface area contributed by atoms with E-state index in [0.29, 0.717) is 13.1 Å². The van der Waals surface area contributed by atoms with Crippen LogP contribution in [0.15, 0.2) is 28.7 Å². The topological polar surface area (TPSA) is 44.7 Å². The normalized spacial score (nSPS) is 18.6. The number of nitrogens with one attached hydrogen (secondary N) is 1. The van der Waals surface area contributed by atoms with Gasteiger partial charge < -0.3 is 15.2 Å². The maximum atomic E-state index is 9.98. The van der Waals surface area contributed by atoms with E-state index in [4.69, 9.17) is 4.74 Å². The van der Waals surface area contributed by atoms with Gasteiger partial charge in [-0.2, -0.15) is 0 Å². The van der Waals surface area contributed by atoms with Crippen molar-refractivity contribution in [1.29, 1.82) is 0 Å². The lowest BCUT2D eigenvalue weighted by Gasteiger charge is -2.28. The highest BCUT2D eigenvalue weighted by atomic mass is 79.9. The van der Waals surface area contributed by atoms with E-state index in [2.05, 4.69) is 26.1 Å². The molecule has 2 N–H and O–H groups in total. The van der Waals surface area contributed by atoms with Crippen LogP contribution in [-0.4, -0.2) is 55.5 Å². The summed E-state index contributed by atoms with van der Waals surface area (Å²) in [7, 11) is 0. The SMILES string of the molecule is OC(CNc1cccc(Br)c1)CN1CCOCC1. The van der Waals surface area contributed by atoms with E-state index in [1.54, 1.807) is 0 Å². The lowest BCUT2D eigenvalue weighted by Crippen LogP contribution is -2.42. The van der Waals surface area contributed by atoms with E-state index in [0.717, 1.165) is 36.5 Å². The molecule has 1 aliphatic heterocycles. The van der Waals surface area contributed by atoms with Crippen molar-refractivity contribution in [3.05, 3.63) is 28.7 Å². The van der Waals surface area contributed by atoms with Gasteiger partial charge in [0.25, 0.3) is 0 Å². The average Bonchev–Trinajstić information content (AvgIpc) is 2.38. The van der Waals surface area contributed by atoms with Gasteiger partial charge in [-0.1, -0.05) is 22.0 Å². The van der Waals surface area contributed by atoms with Gasteiger partial charge in [-0.3, -0.25) is 4.90 Å². The Balaban J connectivity index is 1.72. The van der Waals surface area contributed by atoms with Gasteiger partial charge in [-0.05, 0) is 18.2 Å². The van der Waals surface area contributed by atoms with E-state index in [9.17, 15) is 5.11 Å². The van der Waals surface area contributed by atoms with E-state index in [-0.39, 0.29) is 6.10 Å². The number of benzene rings is 1. The highest BCUT2D eigenvalue weighted by Gasteiger charge is 2.14. The zero-order valence-corrected chi connectivity index (χ0v) is 11.9. The van der Waals surface area contributed by atoms with Crippen LogP contribution in [-0.2, 0) is 4.74 Å².